The Morgan fingerprint density at radius 3 is 2.69 bits per heavy atom. The molecule has 1 fully saturated rings. The first kappa shape index (κ1) is 11.0. The van der Waals surface area contributed by atoms with E-state index in [9.17, 15) is 9.18 Å². The number of rotatable bonds is 1. The lowest BCUT2D eigenvalue weighted by Gasteiger charge is -2.29. The molecule has 4 nitrogen and oxygen atoms in total. The molecule has 1 aromatic heterocycles. The molecule has 1 saturated heterocycles. The van der Waals surface area contributed by atoms with Gasteiger partial charge in [-0.1, -0.05) is 0 Å². The van der Waals surface area contributed by atoms with E-state index in [2.05, 4.69) is 4.98 Å². The van der Waals surface area contributed by atoms with Crippen LogP contribution in [0.1, 0.15) is 23.3 Å². The summed E-state index contributed by atoms with van der Waals surface area (Å²) in [5.74, 6) is -0.580. The number of piperidine rings is 1. The standard InChI is InChI=1S/C11H14FN3O/c12-8-1-2-10(14-7-8)11(16)15-5-3-9(13)4-6-15/h1-2,7,9H,3-6,13H2. The topological polar surface area (TPSA) is 59.2 Å². The molecule has 2 N–H and O–H groups in total. The molecule has 1 aliphatic rings. The minimum absolute atomic E-state index is 0.146. The lowest BCUT2D eigenvalue weighted by atomic mass is 10.1. The Morgan fingerprint density at radius 1 is 1.44 bits per heavy atom. The van der Waals surface area contributed by atoms with Gasteiger partial charge in [-0.25, -0.2) is 9.37 Å². The molecule has 5 heteroatoms. The van der Waals surface area contributed by atoms with Crippen LogP contribution in [0.15, 0.2) is 18.3 Å². The van der Waals surface area contributed by atoms with Crippen LogP contribution in [0.5, 0.6) is 0 Å². The van der Waals surface area contributed by atoms with Crippen LogP contribution in [-0.2, 0) is 0 Å². The molecule has 86 valence electrons. The first-order chi connectivity index (χ1) is 7.66. The Hall–Kier alpha value is -1.49. The van der Waals surface area contributed by atoms with Crippen LogP contribution in [0.4, 0.5) is 4.39 Å². The molecule has 0 bridgehead atoms. The Balaban J connectivity index is 2.05. The molecule has 16 heavy (non-hydrogen) atoms. The van der Waals surface area contributed by atoms with E-state index < -0.39 is 5.82 Å². The van der Waals surface area contributed by atoms with Crippen LogP contribution in [0.25, 0.3) is 0 Å². The van der Waals surface area contributed by atoms with Crippen LogP contribution in [0.3, 0.4) is 0 Å². The summed E-state index contributed by atoms with van der Waals surface area (Å²) in [6.07, 6.45) is 2.68. The smallest absolute Gasteiger partial charge is 0.272 e. The van der Waals surface area contributed by atoms with Crippen LogP contribution < -0.4 is 5.73 Å². The lowest BCUT2D eigenvalue weighted by molar-refractivity contribution is 0.0708. The van der Waals surface area contributed by atoms with Crippen molar-refractivity contribution in [1.82, 2.24) is 9.88 Å². The zero-order valence-corrected chi connectivity index (χ0v) is 8.90. The quantitative estimate of drug-likeness (QED) is 0.765. The third-order valence-corrected chi connectivity index (χ3v) is 2.77. The van der Waals surface area contributed by atoms with Crippen molar-refractivity contribution in [2.24, 2.45) is 5.73 Å². The van der Waals surface area contributed by atoms with E-state index in [1.807, 2.05) is 0 Å². The molecular formula is C11H14FN3O. The van der Waals surface area contributed by atoms with Gasteiger partial charge in [0.1, 0.15) is 11.5 Å². The summed E-state index contributed by atoms with van der Waals surface area (Å²) in [4.78, 5) is 17.4. The maximum absolute atomic E-state index is 12.6. The van der Waals surface area contributed by atoms with Gasteiger partial charge in [0.2, 0.25) is 0 Å². The second kappa shape index (κ2) is 4.57. The summed E-state index contributed by atoms with van der Waals surface area (Å²) < 4.78 is 12.6. The van der Waals surface area contributed by atoms with E-state index in [1.165, 1.54) is 12.1 Å². The SMILES string of the molecule is NC1CCN(C(=O)c2ccc(F)cn2)CC1. The Kier molecular flexibility index (Phi) is 3.14. The van der Waals surface area contributed by atoms with Gasteiger partial charge in [-0.15, -0.1) is 0 Å². The highest BCUT2D eigenvalue weighted by Gasteiger charge is 2.22. The molecule has 0 aromatic carbocycles. The molecule has 1 amide bonds. The number of nitrogens with zero attached hydrogens (tertiary/aromatic N) is 2. The van der Waals surface area contributed by atoms with E-state index >= 15 is 0 Å². The molecule has 2 heterocycles. The van der Waals surface area contributed by atoms with Crippen molar-refractivity contribution in [2.45, 2.75) is 18.9 Å². The number of hydrogen-bond donors (Lipinski definition) is 1. The van der Waals surface area contributed by atoms with Gasteiger partial charge in [-0.05, 0) is 25.0 Å². The maximum atomic E-state index is 12.6. The van der Waals surface area contributed by atoms with Gasteiger partial charge >= 0.3 is 0 Å². The van der Waals surface area contributed by atoms with Crippen molar-refractivity contribution >= 4 is 5.91 Å². The highest BCUT2D eigenvalue weighted by Crippen LogP contribution is 2.11. The van der Waals surface area contributed by atoms with Crippen molar-refractivity contribution in [3.63, 3.8) is 0 Å². The van der Waals surface area contributed by atoms with E-state index in [-0.39, 0.29) is 17.6 Å². The number of halogens is 1. The van der Waals surface area contributed by atoms with Crippen molar-refractivity contribution in [3.8, 4) is 0 Å². The number of likely N-dealkylation sites (tertiary alicyclic amines) is 1. The van der Waals surface area contributed by atoms with Gasteiger partial charge in [-0.2, -0.15) is 0 Å². The van der Waals surface area contributed by atoms with Gasteiger partial charge in [0, 0.05) is 19.1 Å². The lowest BCUT2D eigenvalue weighted by Crippen LogP contribution is -2.43. The second-order valence-electron chi connectivity index (χ2n) is 3.99. The molecule has 0 spiro atoms. The zero-order valence-electron chi connectivity index (χ0n) is 8.90. The first-order valence-electron chi connectivity index (χ1n) is 5.33. The Labute approximate surface area is 93.3 Å². The summed E-state index contributed by atoms with van der Waals surface area (Å²) in [5, 5.41) is 0. The van der Waals surface area contributed by atoms with E-state index in [0.29, 0.717) is 13.1 Å². The summed E-state index contributed by atoms with van der Waals surface area (Å²) in [5.41, 5.74) is 6.04. The summed E-state index contributed by atoms with van der Waals surface area (Å²) in [6, 6.07) is 2.84. The first-order valence-corrected chi connectivity index (χ1v) is 5.33. The number of aromatic nitrogens is 1. The molecular weight excluding hydrogens is 209 g/mol. The van der Waals surface area contributed by atoms with E-state index in [4.69, 9.17) is 5.73 Å². The molecule has 0 radical (unpaired) electrons. The van der Waals surface area contributed by atoms with E-state index in [0.717, 1.165) is 19.0 Å². The summed E-state index contributed by atoms with van der Waals surface area (Å²) in [6.45, 7) is 1.30. The number of carbonyl (C=O) groups is 1. The van der Waals surface area contributed by atoms with Gasteiger partial charge in [-0.3, -0.25) is 4.79 Å². The van der Waals surface area contributed by atoms with Gasteiger partial charge in [0.15, 0.2) is 0 Å². The largest absolute Gasteiger partial charge is 0.337 e. The molecule has 0 unspecified atom stereocenters. The van der Waals surface area contributed by atoms with Gasteiger partial charge < -0.3 is 10.6 Å². The normalized spacial score (nSPS) is 17.5. The van der Waals surface area contributed by atoms with Crippen LogP contribution >= 0.6 is 0 Å². The van der Waals surface area contributed by atoms with Crippen LogP contribution in [0.2, 0.25) is 0 Å². The molecule has 0 atom stereocenters. The zero-order chi connectivity index (χ0) is 11.5. The predicted octanol–water partition coefficient (Wildman–Crippen LogP) is 0.784. The molecule has 0 aliphatic carbocycles. The van der Waals surface area contributed by atoms with Crippen LogP contribution in [-0.4, -0.2) is 34.9 Å². The number of hydrogen-bond acceptors (Lipinski definition) is 3. The highest BCUT2D eigenvalue weighted by atomic mass is 19.1. The molecule has 1 aromatic rings. The van der Waals surface area contributed by atoms with Gasteiger partial charge in [0.25, 0.3) is 5.91 Å². The number of carbonyl (C=O) groups excluding carboxylic acids is 1. The molecule has 0 saturated carbocycles. The minimum Gasteiger partial charge on any atom is -0.337 e. The number of nitrogens with two attached hydrogens (primary N) is 1. The molecule has 2 rings (SSSR count). The fourth-order valence-electron chi connectivity index (χ4n) is 1.77. The van der Waals surface area contributed by atoms with Crippen molar-refractivity contribution in [1.29, 1.82) is 0 Å². The Bertz CT molecular complexity index is 371. The van der Waals surface area contributed by atoms with Gasteiger partial charge in [0.05, 0.1) is 6.20 Å². The molecule has 1 aliphatic heterocycles. The fourth-order valence-corrected chi connectivity index (χ4v) is 1.77. The number of amides is 1. The monoisotopic (exact) mass is 223 g/mol. The van der Waals surface area contributed by atoms with Crippen molar-refractivity contribution in [2.75, 3.05) is 13.1 Å². The highest BCUT2D eigenvalue weighted by molar-refractivity contribution is 5.92. The average molecular weight is 223 g/mol. The second-order valence-corrected chi connectivity index (χ2v) is 3.99. The minimum atomic E-state index is -0.433. The summed E-state index contributed by atoms with van der Waals surface area (Å²) >= 11 is 0. The summed E-state index contributed by atoms with van der Waals surface area (Å²) in [7, 11) is 0. The van der Waals surface area contributed by atoms with E-state index in [1.54, 1.807) is 4.90 Å². The third-order valence-electron chi connectivity index (χ3n) is 2.77. The average Bonchev–Trinajstić information content (AvgIpc) is 2.30. The fraction of sp³-hybridized carbons (Fsp3) is 0.455. The Morgan fingerprint density at radius 2 is 2.12 bits per heavy atom. The van der Waals surface area contributed by atoms with Crippen LogP contribution in [0, 0.1) is 5.82 Å². The third kappa shape index (κ3) is 2.36. The predicted molar refractivity (Wildman–Crippen MR) is 57.3 cm³/mol. The van der Waals surface area contributed by atoms with Crippen molar-refractivity contribution in [3.05, 3.63) is 29.8 Å². The maximum Gasteiger partial charge on any atom is 0.272 e. The number of pyridine rings is 1. The van der Waals surface area contributed by atoms with Crippen molar-refractivity contribution < 1.29 is 9.18 Å².